The molecule has 0 aromatic heterocycles. The second-order valence-corrected chi connectivity index (χ2v) is 11.0. The zero-order valence-electron chi connectivity index (χ0n) is 25.0. The van der Waals surface area contributed by atoms with Gasteiger partial charge in [0.2, 0.25) is 11.8 Å². The molecule has 3 atom stereocenters. The van der Waals surface area contributed by atoms with E-state index in [-0.39, 0.29) is 49.5 Å². The summed E-state index contributed by atoms with van der Waals surface area (Å²) in [5, 5.41) is 12.9. The lowest BCUT2D eigenvalue weighted by molar-refractivity contribution is -0.170. The smallest absolute Gasteiger partial charge is 0.319 e. The van der Waals surface area contributed by atoms with Crippen molar-refractivity contribution in [1.29, 1.82) is 0 Å². The molecule has 2 aliphatic rings. The van der Waals surface area contributed by atoms with Crippen molar-refractivity contribution in [1.82, 2.24) is 20.0 Å². The fourth-order valence-electron chi connectivity index (χ4n) is 6.15. The van der Waals surface area contributed by atoms with E-state index in [9.17, 15) is 19.5 Å². The SMILES string of the molecule is C=CC[C@@H]1CC(=O)N2[C@H](CN(Cc3cccc(OC)c3OC)C(=O)[C@@H]2Cc2ccc(O)cc2)N1C(=O)NCc1ccccc1. The van der Waals surface area contributed by atoms with Crippen LogP contribution in [0.15, 0.2) is 85.5 Å². The van der Waals surface area contributed by atoms with Crippen molar-refractivity contribution in [2.75, 3.05) is 20.8 Å². The molecule has 0 radical (unpaired) electrons. The Hall–Kier alpha value is -4.99. The number of carbonyl (C=O) groups is 3. The number of phenolic OH excluding ortho intramolecular Hbond substituents is 1. The van der Waals surface area contributed by atoms with Gasteiger partial charge in [-0.2, -0.15) is 0 Å². The number of urea groups is 1. The van der Waals surface area contributed by atoms with Gasteiger partial charge >= 0.3 is 6.03 Å². The maximum atomic E-state index is 14.2. The molecule has 3 aromatic rings. The summed E-state index contributed by atoms with van der Waals surface area (Å²) in [4.78, 5) is 46.9. The summed E-state index contributed by atoms with van der Waals surface area (Å²) in [7, 11) is 3.10. The average molecular weight is 599 g/mol. The summed E-state index contributed by atoms with van der Waals surface area (Å²) in [5.41, 5.74) is 2.46. The van der Waals surface area contributed by atoms with Gasteiger partial charge in [0.1, 0.15) is 18.0 Å². The van der Waals surface area contributed by atoms with E-state index in [0.29, 0.717) is 24.5 Å². The number of nitrogens with zero attached hydrogens (tertiary/aromatic N) is 3. The number of aromatic hydroxyl groups is 1. The van der Waals surface area contributed by atoms with Gasteiger partial charge in [0.05, 0.1) is 20.8 Å². The molecule has 2 N–H and O–H groups in total. The monoisotopic (exact) mass is 598 g/mol. The highest BCUT2D eigenvalue weighted by Crippen LogP contribution is 2.35. The van der Waals surface area contributed by atoms with Crippen molar-refractivity contribution in [3.8, 4) is 17.2 Å². The largest absolute Gasteiger partial charge is 0.508 e. The fraction of sp³-hybridized carbons (Fsp3) is 0.324. The first-order valence-electron chi connectivity index (χ1n) is 14.6. The van der Waals surface area contributed by atoms with Crippen LogP contribution in [-0.4, -0.2) is 76.7 Å². The molecule has 0 aliphatic carbocycles. The number of piperazine rings is 1. The molecule has 2 saturated heterocycles. The standard InChI is InChI=1S/C34H38N4O6/c1-4-9-26-19-31(40)38-28(18-23-14-16-27(39)17-15-23)33(41)36(21-25-12-8-13-29(43-2)32(25)44-3)22-30(38)37(26)34(42)35-20-24-10-6-5-7-11-24/h4-8,10-17,26,28,30,39H,1,9,18-22H2,2-3H3,(H,35,42)/t26-,28+,30-/m1/s1. The van der Waals surface area contributed by atoms with Gasteiger partial charge in [0.15, 0.2) is 11.5 Å². The van der Waals surface area contributed by atoms with Crippen molar-refractivity contribution in [2.24, 2.45) is 0 Å². The van der Waals surface area contributed by atoms with Crippen LogP contribution in [0, 0.1) is 0 Å². The van der Waals surface area contributed by atoms with Gasteiger partial charge in [-0.25, -0.2) is 4.79 Å². The van der Waals surface area contributed by atoms with Crippen molar-refractivity contribution in [2.45, 2.75) is 50.6 Å². The molecule has 0 unspecified atom stereocenters. The number of nitrogens with one attached hydrogen (secondary N) is 1. The fourth-order valence-corrected chi connectivity index (χ4v) is 6.15. The molecule has 2 aliphatic heterocycles. The number of fused-ring (bicyclic) bond motifs is 1. The molecular weight excluding hydrogens is 560 g/mol. The quantitative estimate of drug-likeness (QED) is 0.341. The first kappa shape index (κ1) is 30.5. The minimum absolute atomic E-state index is 0.0738. The molecule has 2 fully saturated rings. The molecular formula is C34H38N4O6. The van der Waals surface area contributed by atoms with Crippen LogP contribution in [0.4, 0.5) is 4.79 Å². The van der Waals surface area contributed by atoms with Crippen LogP contribution in [-0.2, 0) is 29.1 Å². The Morgan fingerprint density at radius 1 is 1.00 bits per heavy atom. The zero-order chi connectivity index (χ0) is 31.2. The molecule has 10 nitrogen and oxygen atoms in total. The third-order valence-corrected chi connectivity index (χ3v) is 8.22. The molecule has 0 spiro atoms. The minimum Gasteiger partial charge on any atom is -0.508 e. The van der Waals surface area contributed by atoms with E-state index in [1.54, 1.807) is 65.3 Å². The van der Waals surface area contributed by atoms with E-state index in [4.69, 9.17) is 9.47 Å². The van der Waals surface area contributed by atoms with Crippen molar-refractivity contribution in [3.05, 3.63) is 102 Å². The number of para-hydroxylation sites is 1. The van der Waals surface area contributed by atoms with E-state index in [1.165, 1.54) is 0 Å². The summed E-state index contributed by atoms with van der Waals surface area (Å²) < 4.78 is 11.1. The molecule has 2 heterocycles. The van der Waals surface area contributed by atoms with Crippen LogP contribution >= 0.6 is 0 Å². The predicted octanol–water partition coefficient (Wildman–Crippen LogP) is 4.08. The van der Waals surface area contributed by atoms with E-state index in [0.717, 1.165) is 16.7 Å². The molecule has 3 aromatic carbocycles. The van der Waals surface area contributed by atoms with Gasteiger partial charge in [0, 0.05) is 37.5 Å². The number of methoxy groups -OCH3 is 2. The maximum Gasteiger partial charge on any atom is 0.319 e. The predicted molar refractivity (Wildman–Crippen MR) is 165 cm³/mol. The van der Waals surface area contributed by atoms with Gasteiger partial charge in [-0.3, -0.25) is 14.5 Å². The van der Waals surface area contributed by atoms with Crippen LogP contribution in [0.1, 0.15) is 29.5 Å². The van der Waals surface area contributed by atoms with E-state index in [2.05, 4.69) is 11.9 Å². The molecule has 44 heavy (non-hydrogen) atoms. The number of amides is 4. The van der Waals surface area contributed by atoms with Crippen molar-refractivity contribution < 1.29 is 29.0 Å². The summed E-state index contributed by atoms with van der Waals surface area (Å²) >= 11 is 0. The number of rotatable bonds is 10. The highest BCUT2D eigenvalue weighted by molar-refractivity contribution is 5.91. The summed E-state index contributed by atoms with van der Waals surface area (Å²) in [6, 6.07) is 20.1. The van der Waals surface area contributed by atoms with E-state index < -0.39 is 18.2 Å². The van der Waals surface area contributed by atoms with Gasteiger partial charge in [0.25, 0.3) is 0 Å². The molecule has 230 valence electrons. The van der Waals surface area contributed by atoms with Gasteiger partial charge in [-0.15, -0.1) is 6.58 Å². The van der Waals surface area contributed by atoms with Crippen molar-refractivity contribution in [3.63, 3.8) is 0 Å². The first-order valence-corrected chi connectivity index (χ1v) is 14.6. The second-order valence-electron chi connectivity index (χ2n) is 11.0. The lowest BCUT2D eigenvalue weighted by Crippen LogP contribution is -2.74. The number of ether oxygens (including phenoxy) is 2. The Kier molecular flexibility index (Phi) is 9.38. The molecule has 5 rings (SSSR count). The highest BCUT2D eigenvalue weighted by atomic mass is 16.5. The van der Waals surface area contributed by atoms with Crippen LogP contribution in [0.2, 0.25) is 0 Å². The van der Waals surface area contributed by atoms with Crippen LogP contribution in [0.3, 0.4) is 0 Å². The third kappa shape index (κ3) is 6.34. The van der Waals surface area contributed by atoms with Crippen molar-refractivity contribution >= 4 is 17.8 Å². The lowest BCUT2D eigenvalue weighted by atomic mass is 9.93. The Morgan fingerprint density at radius 3 is 2.43 bits per heavy atom. The average Bonchev–Trinajstić information content (AvgIpc) is 3.03. The third-order valence-electron chi connectivity index (χ3n) is 8.22. The van der Waals surface area contributed by atoms with Gasteiger partial charge in [-0.1, -0.05) is 60.7 Å². The number of phenols is 1. The van der Waals surface area contributed by atoms with E-state index in [1.807, 2.05) is 42.5 Å². The summed E-state index contributed by atoms with van der Waals surface area (Å²) in [6.45, 7) is 4.50. The number of benzene rings is 3. The number of hydrogen-bond acceptors (Lipinski definition) is 6. The normalized spacial score (nSPS) is 19.8. The topological polar surface area (TPSA) is 112 Å². The summed E-state index contributed by atoms with van der Waals surface area (Å²) in [6.07, 6.45) is 1.72. The summed E-state index contributed by atoms with van der Waals surface area (Å²) in [5.74, 6) is 0.736. The second kappa shape index (κ2) is 13.5. The number of carbonyl (C=O) groups excluding carboxylic acids is 3. The van der Waals surface area contributed by atoms with Crippen LogP contribution in [0.25, 0.3) is 0 Å². The number of hydrogen-bond donors (Lipinski definition) is 2. The van der Waals surface area contributed by atoms with Gasteiger partial charge in [-0.05, 0) is 35.7 Å². The highest BCUT2D eigenvalue weighted by Gasteiger charge is 2.51. The molecule has 10 heteroatoms. The molecule has 4 amide bonds. The minimum atomic E-state index is -0.864. The first-order chi connectivity index (χ1) is 21.3. The Labute approximate surface area is 257 Å². The molecule has 0 saturated carbocycles. The lowest BCUT2D eigenvalue weighted by Gasteiger charge is -2.54. The maximum absolute atomic E-state index is 14.2. The van der Waals surface area contributed by atoms with Crippen LogP contribution in [0.5, 0.6) is 17.2 Å². The Morgan fingerprint density at radius 2 is 1.75 bits per heavy atom. The van der Waals surface area contributed by atoms with Crippen LogP contribution < -0.4 is 14.8 Å². The van der Waals surface area contributed by atoms with Gasteiger partial charge < -0.3 is 29.7 Å². The Balaban J connectivity index is 1.52. The zero-order valence-corrected chi connectivity index (χ0v) is 25.0. The molecule has 0 bridgehead atoms. The Bertz CT molecular complexity index is 1500. The van der Waals surface area contributed by atoms with E-state index >= 15 is 0 Å².